The minimum absolute atomic E-state index is 0.208. The van der Waals surface area contributed by atoms with Gasteiger partial charge in [0.2, 0.25) is 0 Å². The lowest BCUT2D eigenvalue weighted by atomic mass is 10.3. The van der Waals surface area contributed by atoms with E-state index in [9.17, 15) is 4.79 Å². The number of ether oxygens (including phenoxy) is 1. The van der Waals surface area contributed by atoms with Gasteiger partial charge in [0, 0.05) is 19.8 Å². The average Bonchev–Trinajstić information content (AvgIpc) is 2.86. The maximum absolute atomic E-state index is 11.6. The summed E-state index contributed by atoms with van der Waals surface area (Å²) >= 11 is 5.59. The number of halogens is 1. The van der Waals surface area contributed by atoms with Crippen molar-refractivity contribution in [3.63, 3.8) is 0 Å². The third-order valence-corrected chi connectivity index (χ3v) is 2.67. The third-order valence-electron chi connectivity index (χ3n) is 2.41. The summed E-state index contributed by atoms with van der Waals surface area (Å²) in [7, 11) is 0. The minimum Gasteiger partial charge on any atom is -0.455 e. The molecule has 0 aliphatic heterocycles. The van der Waals surface area contributed by atoms with Crippen molar-refractivity contribution in [1.82, 2.24) is 5.32 Å². The fourth-order valence-corrected chi connectivity index (χ4v) is 1.53. The molecule has 1 aromatic heterocycles. The Kier molecular flexibility index (Phi) is 7.53. The van der Waals surface area contributed by atoms with Gasteiger partial charge in [0.05, 0.1) is 5.88 Å². The van der Waals surface area contributed by atoms with Gasteiger partial charge >= 0.3 is 0 Å². The van der Waals surface area contributed by atoms with Crippen LogP contribution in [-0.2, 0) is 10.6 Å². The molecular weight excluding hydrogens is 254 g/mol. The fourth-order valence-electron chi connectivity index (χ4n) is 1.38. The second-order valence-corrected chi connectivity index (χ2v) is 4.24. The first-order valence-corrected chi connectivity index (χ1v) is 6.82. The number of furan rings is 1. The lowest BCUT2D eigenvalue weighted by Gasteiger charge is -2.04. The Balaban J connectivity index is 2.10. The zero-order valence-corrected chi connectivity index (χ0v) is 11.5. The van der Waals surface area contributed by atoms with Crippen molar-refractivity contribution >= 4 is 17.5 Å². The predicted octanol–water partition coefficient (Wildman–Crippen LogP) is 2.96. The van der Waals surface area contributed by atoms with Crippen molar-refractivity contribution in [2.45, 2.75) is 32.1 Å². The molecule has 0 aromatic carbocycles. The molecule has 1 aromatic rings. The van der Waals surface area contributed by atoms with Gasteiger partial charge in [0.1, 0.15) is 5.76 Å². The van der Waals surface area contributed by atoms with E-state index in [1.807, 2.05) is 0 Å². The predicted molar refractivity (Wildman–Crippen MR) is 70.9 cm³/mol. The molecule has 0 saturated carbocycles. The maximum Gasteiger partial charge on any atom is 0.286 e. The van der Waals surface area contributed by atoms with Crippen molar-refractivity contribution in [3.05, 3.63) is 23.7 Å². The van der Waals surface area contributed by atoms with E-state index in [-0.39, 0.29) is 11.8 Å². The van der Waals surface area contributed by atoms with Crippen LogP contribution < -0.4 is 5.32 Å². The number of carbonyl (C=O) groups excluding carboxylic acids is 1. The molecule has 5 heteroatoms. The Morgan fingerprint density at radius 3 is 2.83 bits per heavy atom. The molecule has 1 N–H and O–H groups in total. The highest BCUT2D eigenvalue weighted by atomic mass is 35.5. The first-order chi connectivity index (χ1) is 8.77. The van der Waals surface area contributed by atoms with Gasteiger partial charge in [-0.05, 0) is 25.0 Å². The molecule has 18 heavy (non-hydrogen) atoms. The fraction of sp³-hybridized carbons (Fsp3) is 0.615. The van der Waals surface area contributed by atoms with E-state index in [4.69, 9.17) is 20.8 Å². The van der Waals surface area contributed by atoms with Crippen LogP contribution in [0.1, 0.15) is 42.5 Å². The number of nitrogens with one attached hydrogen (secondary N) is 1. The molecule has 1 heterocycles. The topological polar surface area (TPSA) is 51.5 Å². The number of hydrogen-bond donors (Lipinski definition) is 1. The van der Waals surface area contributed by atoms with E-state index in [0.29, 0.717) is 24.7 Å². The molecule has 0 aliphatic rings. The van der Waals surface area contributed by atoms with Crippen molar-refractivity contribution in [2.75, 3.05) is 19.8 Å². The molecule has 0 fully saturated rings. The second-order valence-electron chi connectivity index (χ2n) is 3.97. The Morgan fingerprint density at radius 1 is 1.39 bits per heavy atom. The number of unbranched alkanes of at least 4 members (excludes halogenated alkanes) is 1. The Labute approximate surface area is 113 Å². The summed E-state index contributed by atoms with van der Waals surface area (Å²) < 4.78 is 10.6. The molecule has 102 valence electrons. The van der Waals surface area contributed by atoms with Crippen LogP contribution in [0.3, 0.4) is 0 Å². The van der Waals surface area contributed by atoms with Gasteiger partial charge in [-0.15, -0.1) is 11.6 Å². The van der Waals surface area contributed by atoms with Gasteiger partial charge in [-0.2, -0.15) is 0 Å². The number of carbonyl (C=O) groups is 1. The summed E-state index contributed by atoms with van der Waals surface area (Å²) in [5, 5.41) is 2.77. The summed E-state index contributed by atoms with van der Waals surface area (Å²) in [6, 6.07) is 3.33. The Morgan fingerprint density at radius 2 is 2.17 bits per heavy atom. The van der Waals surface area contributed by atoms with Crippen LogP contribution in [0.15, 0.2) is 16.5 Å². The summed E-state index contributed by atoms with van der Waals surface area (Å²) in [6.07, 6.45) is 3.02. The number of amides is 1. The van der Waals surface area contributed by atoms with Crippen LogP contribution in [0.4, 0.5) is 0 Å². The summed E-state index contributed by atoms with van der Waals surface area (Å²) in [5.74, 6) is 0.973. The highest BCUT2D eigenvalue weighted by molar-refractivity contribution is 6.16. The van der Waals surface area contributed by atoms with Crippen molar-refractivity contribution in [2.24, 2.45) is 0 Å². The van der Waals surface area contributed by atoms with E-state index < -0.39 is 0 Å². The maximum atomic E-state index is 11.6. The summed E-state index contributed by atoms with van der Waals surface area (Å²) in [4.78, 5) is 11.6. The van der Waals surface area contributed by atoms with E-state index >= 15 is 0 Å². The first kappa shape index (κ1) is 15.1. The Bertz CT molecular complexity index is 352. The lowest BCUT2D eigenvalue weighted by molar-refractivity contribution is 0.0912. The van der Waals surface area contributed by atoms with Gasteiger partial charge in [-0.1, -0.05) is 13.3 Å². The SMILES string of the molecule is CCCCOCCCNC(=O)c1ccc(CCl)o1. The molecule has 1 rings (SSSR count). The summed E-state index contributed by atoms with van der Waals surface area (Å²) in [5.41, 5.74) is 0. The largest absolute Gasteiger partial charge is 0.455 e. The molecule has 4 nitrogen and oxygen atoms in total. The van der Waals surface area contributed by atoms with Crippen LogP contribution in [0, 0.1) is 0 Å². The molecule has 0 radical (unpaired) electrons. The van der Waals surface area contributed by atoms with Gasteiger partial charge in [0.25, 0.3) is 5.91 Å². The number of alkyl halides is 1. The van der Waals surface area contributed by atoms with Crippen LogP contribution in [-0.4, -0.2) is 25.7 Å². The van der Waals surface area contributed by atoms with Gasteiger partial charge < -0.3 is 14.5 Å². The third kappa shape index (κ3) is 5.56. The van der Waals surface area contributed by atoms with Crippen LogP contribution >= 0.6 is 11.6 Å². The van der Waals surface area contributed by atoms with Gasteiger partial charge in [-0.25, -0.2) is 0 Å². The minimum atomic E-state index is -0.208. The monoisotopic (exact) mass is 273 g/mol. The molecule has 0 spiro atoms. The average molecular weight is 274 g/mol. The number of rotatable bonds is 9. The number of hydrogen-bond acceptors (Lipinski definition) is 3. The van der Waals surface area contributed by atoms with Crippen molar-refractivity contribution < 1.29 is 13.9 Å². The second kappa shape index (κ2) is 9.00. The highest BCUT2D eigenvalue weighted by Gasteiger charge is 2.09. The summed E-state index contributed by atoms with van der Waals surface area (Å²) in [6.45, 7) is 4.18. The first-order valence-electron chi connectivity index (χ1n) is 6.28. The molecule has 1 amide bonds. The molecule has 0 atom stereocenters. The van der Waals surface area contributed by atoms with Crippen LogP contribution in [0.5, 0.6) is 0 Å². The zero-order chi connectivity index (χ0) is 13.2. The van der Waals surface area contributed by atoms with Gasteiger partial charge in [-0.3, -0.25) is 4.79 Å². The molecule has 0 unspecified atom stereocenters. The molecule has 0 bridgehead atoms. The Hall–Kier alpha value is -1.00. The normalized spacial score (nSPS) is 10.6. The van der Waals surface area contributed by atoms with E-state index in [2.05, 4.69) is 12.2 Å². The lowest BCUT2D eigenvalue weighted by Crippen LogP contribution is -2.24. The molecular formula is C13H20ClNO3. The van der Waals surface area contributed by atoms with Crippen molar-refractivity contribution in [1.29, 1.82) is 0 Å². The standard InChI is InChI=1S/C13H20ClNO3/c1-2-3-8-17-9-4-7-15-13(16)12-6-5-11(10-14)18-12/h5-6H,2-4,7-10H2,1H3,(H,15,16). The van der Waals surface area contributed by atoms with E-state index in [1.165, 1.54) is 0 Å². The highest BCUT2D eigenvalue weighted by Crippen LogP contribution is 2.09. The van der Waals surface area contributed by atoms with Crippen molar-refractivity contribution in [3.8, 4) is 0 Å². The van der Waals surface area contributed by atoms with Gasteiger partial charge in [0.15, 0.2) is 5.76 Å². The quantitative estimate of drug-likeness (QED) is 0.556. The zero-order valence-electron chi connectivity index (χ0n) is 10.7. The van der Waals surface area contributed by atoms with Crippen LogP contribution in [0.25, 0.3) is 0 Å². The van der Waals surface area contributed by atoms with Crippen LogP contribution in [0.2, 0.25) is 0 Å². The smallest absolute Gasteiger partial charge is 0.286 e. The molecule has 0 aliphatic carbocycles. The molecule has 0 saturated heterocycles. The van der Waals surface area contributed by atoms with E-state index in [1.54, 1.807) is 12.1 Å². The van der Waals surface area contributed by atoms with E-state index in [0.717, 1.165) is 25.9 Å².